The molecule has 0 saturated carbocycles. The molecule has 0 unspecified atom stereocenters. The molecule has 0 fully saturated rings. The minimum Gasteiger partial charge on any atom is -0.497 e. The van der Waals surface area contributed by atoms with E-state index in [0.29, 0.717) is 18.1 Å². The number of oxime groups is 1. The first kappa shape index (κ1) is 19.4. The Kier molecular flexibility index (Phi) is 6.62. The maximum atomic E-state index is 5.38. The number of aryl methyl sites for hydroxylation is 2. The molecule has 0 aromatic carbocycles. The second kappa shape index (κ2) is 9.55. The van der Waals surface area contributed by atoms with E-state index in [2.05, 4.69) is 20.1 Å². The van der Waals surface area contributed by atoms with Gasteiger partial charge in [-0.15, -0.1) is 0 Å². The van der Waals surface area contributed by atoms with Crippen molar-refractivity contribution in [1.29, 1.82) is 0 Å². The number of hydrogen-bond acceptors (Lipinski definition) is 7. The third-order valence-electron chi connectivity index (χ3n) is 3.99. The maximum absolute atomic E-state index is 5.38. The van der Waals surface area contributed by atoms with Gasteiger partial charge >= 0.3 is 0 Å². The van der Waals surface area contributed by atoms with Crippen molar-refractivity contribution in [3.8, 4) is 17.1 Å². The lowest BCUT2D eigenvalue weighted by molar-refractivity contribution is 0.141. The Bertz CT molecular complexity index is 945. The summed E-state index contributed by atoms with van der Waals surface area (Å²) in [5, 5.41) is 4.07. The van der Waals surface area contributed by atoms with Crippen molar-refractivity contribution < 1.29 is 9.57 Å². The van der Waals surface area contributed by atoms with Crippen LogP contribution in [0.15, 0.2) is 53.9 Å². The van der Waals surface area contributed by atoms with E-state index >= 15 is 0 Å². The van der Waals surface area contributed by atoms with Crippen LogP contribution < -0.4 is 4.74 Å². The highest BCUT2D eigenvalue weighted by atomic mass is 16.6. The minimum absolute atomic E-state index is 0.493. The molecule has 0 amide bonds. The normalized spacial score (nSPS) is 11.3. The Hall–Kier alpha value is -3.35. The molecule has 0 radical (unpaired) electrons. The standard InChI is InChI=1S/C21H23N5O2/c1-15-13-18(27-3)14-20(24-15)19-9-4-7-17(25-19)8-5-12-28-26-16(2)21-22-10-6-11-23-21/h4,6-7,9-11,13-14H,5,8,12H2,1-3H3. The Morgan fingerprint density at radius 2 is 1.86 bits per heavy atom. The molecule has 0 N–H and O–H groups in total. The van der Waals surface area contributed by atoms with Gasteiger partial charge in [-0.3, -0.25) is 9.97 Å². The van der Waals surface area contributed by atoms with E-state index in [1.54, 1.807) is 25.6 Å². The second-order valence-corrected chi connectivity index (χ2v) is 6.23. The lowest BCUT2D eigenvalue weighted by atomic mass is 10.1. The van der Waals surface area contributed by atoms with Crippen LogP contribution in [0.2, 0.25) is 0 Å². The first-order valence-corrected chi connectivity index (χ1v) is 9.08. The largest absolute Gasteiger partial charge is 0.497 e. The van der Waals surface area contributed by atoms with Crippen molar-refractivity contribution in [2.24, 2.45) is 5.16 Å². The molecule has 7 nitrogen and oxygen atoms in total. The summed E-state index contributed by atoms with van der Waals surface area (Å²) in [6, 6.07) is 11.5. The van der Waals surface area contributed by atoms with Gasteiger partial charge in [0, 0.05) is 35.9 Å². The zero-order valence-corrected chi connectivity index (χ0v) is 16.3. The van der Waals surface area contributed by atoms with Crippen molar-refractivity contribution >= 4 is 5.71 Å². The van der Waals surface area contributed by atoms with E-state index < -0.39 is 0 Å². The zero-order chi connectivity index (χ0) is 19.8. The maximum Gasteiger partial charge on any atom is 0.176 e. The highest BCUT2D eigenvalue weighted by Gasteiger charge is 2.06. The monoisotopic (exact) mass is 377 g/mol. The van der Waals surface area contributed by atoms with Crippen LogP contribution in [0.1, 0.15) is 30.6 Å². The molecule has 3 rings (SSSR count). The summed E-state index contributed by atoms with van der Waals surface area (Å²) in [5.41, 5.74) is 4.16. The average molecular weight is 377 g/mol. The molecular formula is C21H23N5O2. The highest BCUT2D eigenvalue weighted by Crippen LogP contribution is 2.21. The smallest absolute Gasteiger partial charge is 0.176 e. The van der Waals surface area contributed by atoms with E-state index in [0.717, 1.165) is 41.4 Å². The third kappa shape index (κ3) is 5.33. The van der Waals surface area contributed by atoms with Crippen molar-refractivity contribution in [2.45, 2.75) is 26.7 Å². The summed E-state index contributed by atoms with van der Waals surface area (Å²) >= 11 is 0. The van der Waals surface area contributed by atoms with Crippen LogP contribution in [-0.2, 0) is 11.3 Å². The number of ether oxygens (including phenoxy) is 1. The van der Waals surface area contributed by atoms with Crippen molar-refractivity contribution in [3.05, 3.63) is 66.0 Å². The van der Waals surface area contributed by atoms with Gasteiger partial charge in [0.25, 0.3) is 0 Å². The molecular weight excluding hydrogens is 354 g/mol. The van der Waals surface area contributed by atoms with Crippen LogP contribution in [0.5, 0.6) is 5.75 Å². The van der Waals surface area contributed by atoms with E-state index in [-0.39, 0.29) is 0 Å². The molecule has 7 heteroatoms. The summed E-state index contributed by atoms with van der Waals surface area (Å²) in [4.78, 5) is 22.9. The number of pyridine rings is 2. The van der Waals surface area contributed by atoms with Gasteiger partial charge in [0.05, 0.1) is 18.5 Å². The van der Waals surface area contributed by atoms with Gasteiger partial charge in [0.15, 0.2) is 5.82 Å². The van der Waals surface area contributed by atoms with Crippen molar-refractivity contribution in [3.63, 3.8) is 0 Å². The van der Waals surface area contributed by atoms with Gasteiger partial charge in [-0.1, -0.05) is 11.2 Å². The molecule has 0 bridgehead atoms. The van der Waals surface area contributed by atoms with E-state index in [9.17, 15) is 0 Å². The van der Waals surface area contributed by atoms with Gasteiger partial charge < -0.3 is 9.57 Å². The Labute approximate surface area is 164 Å². The third-order valence-corrected chi connectivity index (χ3v) is 3.99. The van der Waals surface area contributed by atoms with Crippen LogP contribution in [-0.4, -0.2) is 39.4 Å². The van der Waals surface area contributed by atoms with Crippen LogP contribution in [0.25, 0.3) is 11.4 Å². The molecule has 3 aromatic rings. The van der Waals surface area contributed by atoms with Crippen molar-refractivity contribution in [1.82, 2.24) is 19.9 Å². The fourth-order valence-corrected chi connectivity index (χ4v) is 2.63. The Balaban J connectivity index is 1.56. The van der Waals surface area contributed by atoms with E-state index in [4.69, 9.17) is 14.6 Å². The van der Waals surface area contributed by atoms with Gasteiger partial charge in [0.1, 0.15) is 18.1 Å². The Morgan fingerprint density at radius 1 is 1.04 bits per heavy atom. The fourth-order valence-electron chi connectivity index (χ4n) is 2.63. The van der Waals surface area contributed by atoms with Gasteiger partial charge in [0.2, 0.25) is 0 Å². The summed E-state index contributed by atoms with van der Waals surface area (Å²) in [7, 11) is 1.65. The predicted octanol–water partition coefficient (Wildman–Crippen LogP) is 3.62. The topological polar surface area (TPSA) is 82.4 Å². The molecule has 0 spiro atoms. The molecule has 0 saturated heterocycles. The molecule has 0 aliphatic heterocycles. The summed E-state index contributed by atoms with van der Waals surface area (Å²) in [6.07, 6.45) is 4.94. The molecule has 3 heterocycles. The number of aromatic nitrogens is 4. The summed E-state index contributed by atoms with van der Waals surface area (Å²) in [6.45, 7) is 4.26. The first-order valence-electron chi connectivity index (χ1n) is 9.08. The average Bonchev–Trinajstić information content (AvgIpc) is 2.73. The SMILES string of the molecule is COc1cc(C)nc(-c2cccc(CCCON=C(C)c3ncccn3)n2)c1. The molecule has 0 aliphatic rings. The van der Waals surface area contributed by atoms with Gasteiger partial charge in [-0.25, -0.2) is 9.97 Å². The quantitative estimate of drug-likeness (QED) is 0.339. The molecule has 0 aliphatic carbocycles. The molecule has 28 heavy (non-hydrogen) atoms. The van der Waals surface area contributed by atoms with Gasteiger partial charge in [-0.05, 0) is 44.9 Å². The first-order chi connectivity index (χ1) is 13.7. The number of rotatable bonds is 8. The highest BCUT2D eigenvalue weighted by molar-refractivity contribution is 5.94. The van der Waals surface area contributed by atoms with Crippen LogP contribution >= 0.6 is 0 Å². The number of hydrogen-bond donors (Lipinski definition) is 0. The van der Waals surface area contributed by atoms with Crippen LogP contribution in [0, 0.1) is 6.92 Å². The summed E-state index contributed by atoms with van der Waals surface area (Å²) < 4.78 is 5.32. The second-order valence-electron chi connectivity index (χ2n) is 6.23. The minimum atomic E-state index is 0.493. The fraction of sp³-hybridized carbons (Fsp3) is 0.286. The van der Waals surface area contributed by atoms with Crippen LogP contribution in [0.3, 0.4) is 0 Å². The molecule has 0 atom stereocenters. The van der Waals surface area contributed by atoms with E-state index in [1.807, 2.05) is 44.2 Å². The van der Waals surface area contributed by atoms with Crippen LogP contribution in [0.4, 0.5) is 0 Å². The van der Waals surface area contributed by atoms with Gasteiger partial charge in [-0.2, -0.15) is 0 Å². The van der Waals surface area contributed by atoms with Crippen molar-refractivity contribution in [2.75, 3.05) is 13.7 Å². The lowest BCUT2D eigenvalue weighted by Crippen LogP contribution is -2.03. The number of nitrogens with zero attached hydrogens (tertiary/aromatic N) is 5. The van der Waals surface area contributed by atoms with E-state index in [1.165, 1.54) is 0 Å². The predicted molar refractivity (Wildman–Crippen MR) is 107 cm³/mol. The molecule has 3 aromatic heterocycles. The number of methoxy groups -OCH3 is 1. The zero-order valence-electron chi connectivity index (χ0n) is 16.3. The molecule has 144 valence electrons. The summed E-state index contributed by atoms with van der Waals surface area (Å²) in [5.74, 6) is 1.34. The lowest BCUT2D eigenvalue weighted by Gasteiger charge is -2.07. The Morgan fingerprint density at radius 3 is 2.64 bits per heavy atom.